The minimum Gasteiger partial charge on any atom is -0.507 e. The van der Waals surface area contributed by atoms with Gasteiger partial charge in [0.1, 0.15) is 24.5 Å². The Hall–Kier alpha value is -4.85. The number of aromatic nitrogens is 2. The summed E-state index contributed by atoms with van der Waals surface area (Å²) in [7, 11) is 0.720. The monoisotopic (exact) mass is 740 g/mol. The van der Waals surface area contributed by atoms with Crippen LogP contribution < -0.4 is 15.2 Å². The van der Waals surface area contributed by atoms with E-state index in [1.165, 1.54) is 0 Å². The molecule has 0 saturated heterocycles. The summed E-state index contributed by atoms with van der Waals surface area (Å²) >= 11 is 0. The number of nitrogen functional groups attached to an aromatic ring is 1. The number of nitrogens with zero attached hydrogens (tertiary/aromatic N) is 3. The van der Waals surface area contributed by atoms with Crippen LogP contribution >= 0.6 is 0 Å². The highest BCUT2D eigenvalue weighted by atomic mass is 28.4. The van der Waals surface area contributed by atoms with Crippen molar-refractivity contribution in [2.75, 3.05) is 19.8 Å². The van der Waals surface area contributed by atoms with Crippen molar-refractivity contribution in [3.05, 3.63) is 106 Å². The molecule has 0 spiro atoms. The SMILES string of the molecule is CN(C)[C@@H]1c2onc(OCc3ccccc3)c2C(=O)[C@@]2(O[Si](C)(C)C(C)(C)C)C(=O)C3=C(O)c4c(c(F)nc(N)c4OCc4ccccc4)C[C@H]3C[C@@H]12. The molecule has 3 aliphatic carbocycles. The smallest absolute Gasteiger partial charge is 0.265 e. The van der Waals surface area contributed by atoms with Gasteiger partial charge in [-0.2, -0.15) is 9.37 Å². The molecule has 4 aromatic rings. The number of benzene rings is 2. The quantitative estimate of drug-likeness (QED) is 0.102. The zero-order chi connectivity index (χ0) is 38.0. The Kier molecular flexibility index (Phi) is 9.11. The van der Waals surface area contributed by atoms with Crippen LogP contribution in [-0.4, -0.2) is 59.7 Å². The van der Waals surface area contributed by atoms with E-state index in [1.54, 1.807) is 0 Å². The fourth-order valence-electron chi connectivity index (χ4n) is 7.75. The Morgan fingerprint density at radius 3 is 2.17 bits per heavy atom. The fraction of sp³-hybridized carbons (Fsp3) is 0.400. The first-order valence-corrected chi connectivity index (χ1v) is 20.7. The molecule has 0 aliphatic heterocycles. The summed E-state index contributed by atoms with van der Waals surface area (Å²) < 4.78 is 41.0. The van der Waals surface area contributed by atoms with Gasteiger partial charge in [-0.15, -0.1) is 0 Å². The minimum atomic E-state index is -2.95. The number of carbonyl (C=O) groups is 2. The molecule has 4 atom stereocenters. The molecule has 7 rings (SSSR count). The van der Waals surface area contributed by atoms with Crippen molar-refractivity contribution in [1.29, 1.82) is 0 Å². The van der Waals surface area contributed by atoms with Gasteiger partial charge in [0.05, 0.1) is 11.6 Å². The predicted molar refractivity (Wildman–Crippen MR) is 198 cm³/mol. The highest BCUT2D eigenvalue weighted by Gasteiger charge is 2.69. The van der Waals surface area contributed by atoms with Gasteiger partial charge in [0.2, 0.25) is 17.5 Å². The number of hydrogen-bond acceptors (Lipinski definition) is 11. The Morgan fingerprint density at radius 2 is 1.58 bits per heavy atom. The molecule has 1 saturated carbocycles. The maximum atomic E-state index is 15.7. The first-order chi connectivity index (χ1) is 25.1. The second-order valence-electron chi connectivity index (χ2n) is 15.9. The van der Waals surface area contributed by atoms with E-state index in [1.807, 2.05) is 114 Å². The number of rotatable bonds is 9. The molecular formula is C40H45FN4O7Si. The van der Waals surface area contributed by atoms with Crippen LogP contribution in [0.25, 0.3) is 5.76 Å². The van der Waals surface area contributed by atoms with Gasteiger partial charge in [-0.3, -0.25) is 14.5 Å². The molecule has 0 amide bonds. The maximum absolute atomic E-state index is 15.7. The molecule has 0 bridgehead atoms. The van der Waals surface area contributed by atoms with E-state index in [9.17, 15) is 5.11 Å². The summed E-state index contributed by atoms with van der Waals surface area (Å²) in [4.78, 5) is 36.8. The predicted octanol–water partition coefficient (Wildman–Crippen LogP) is 7.24. The van der Waals surface area contributed by atoms with Gasteiger partial charge in [0.15, 0.2) is 31.2 Å². The van der Waals surface area contributed by atoms with Gasteiger partial charge in [-0.25, -0.2) is 0 Å². The van der Waals surface area contributed by atoms with Crippen LogP contribution in [0, 0.1) is 17.8 Å². The van der Waals surface area contributed by atoms with E-state index < -0.39 is 60.1 Å². The van der Waals surface area contributed by atoms with Crippen LogP contribution in [0.1, 0.15) is 71.6 Å². The molecule has 1 fully saturated rings. The third-order valence-electron chi connectivity index (χ3n) is 11.3. The summed E-state index contributed by atoms with van der Waals surface area (Å²) in [6.45, 7) is 10.2. The molecule has 2 aromatic carbocycles. The van der Waals surface area contributed by atoms with E-state index in [-0.39, 0.29) is 71.5 Å². The normalized spacial score (nSPS) is 22.6. The van der Waals surface area contributed by atoms with Crippen LogP contribution in [0.15, 0.2) is 70.8 Å². The van der Waals surface area contributed by atoms with Crippen LogP contribution in [-0.2, 0) is 28.9 Å². The zero-order valence-electron chi connectivity index (χ0n) is 31.0. The Morgan fingerprint density at radius 1 is 0.981 bits per heavy atom. The molecule has 11 nitrogen and oxygen atoms in total. The molecule has 278 valence electrons. The molecule has 13 heteroatoms. The summed E-state index contributed by atoms with van der Waals surface area (Å²) in [5, 5.41) is 16.0. The number of aliphatic hydroxyl groups is 1. The lowest BCUT2D eigenvalue weighted by atomic mass is 9.57. The van der Waals surface area contributed by atoms with Gasteiger partial charge in [-0.05, 0) is 67.3 Å². The molecule has 3 aliphatic rings. The summed E-state index contributed by atoms with van der Waals surface area (Å²) in [6, 6.07) is 18.0. The number of carbonyl (C=O) groups excluding carboxylic acids is 2. The van der Waals surface area contributed by atoms with Crippen molar-refractivity contribution in [2.45, 2.75) is 76.6 Å². The average molecular weight is 741 g/mol. The lowest BCUT2D eigenvalue weighted by Crippen LogP contribution is -2.68. The number of halogens is 1. The van der Waals surface area contributed by atoms with Gasteiger partial charge < -0.3 is 29.3 Å². The number of ketones is 2. The number of anilines is 1. The van der Waals surface area contributed by atoms with Crippen LogP contribution in [0.3, 0.4) is 0 Å². The molecule has 0 unspecified atom stereocenters. The first-order valence-electron chi connectivity index (χ1n) is 17.8. The average Bonchev–Trinajstić information content (AvgIpc) is 3.52. The zero-order valence-corrected chi connectivity index (χ0v) is 32.0. The molecule has 53 heavy (non-hydrogen) atoms. The van der Waals surface area contributed by atoms with Crippen molar-refractivity contribution < 1.29 is 37.5 Å². The number of aliphatic hydroxyl groups excluding tert-OH is 1. The molecule has 0 radical (unpaired) electrons. The Balaban J connectivity index is 1.41. The Bertz CT molecular complexity index is 2110. The number of ether oxygens (including phenoxy) is 2. The van der Waals surface area contributed by atoms with Gasteiger partial charge in [0, 0.05) is 17.1 Å². The lowest BCUT2D eigenvalue weighted by molar-refractivity contribution is -0.140. The van der Waals surface area contributed by atoms with Crippen molar-refractivity contribution in [1.82, 2.24) is 15.0 Å². The maximum Gasteiger partial charge on any atom is 0.265 e. The van der Waals surface area contributed by atoms with E-state index in [0.29, 0.717) is 0 Å². The molecule has 3 N–H and O–H groups in total. The van der Waals surface area contributed by atoms with E-state index in [4.69, 9.17) is 24.2 Å². The minimum absolute atomic E-state index is 0.0109. The lowest BCUT2D eigenvalue weighted by Gasteiger charge is -2.55. The van der Waals surface area contributed by atoms with Crippen molar-refractivity contribution in [3.63, 3.8) is 0 Å². The highest BCUT2D eigenvalue weighted by Crippen LogP contribution is 2.59. The highest BCUT2D eigenvalue weighted by molar-refractivity contribution is 6.74. The van der Waals surface area contributed by atoms with Crippen LogP contribution in [0.5, 0.6) is 11.6 Å². The van der Waals surface area contributed by atoms with Crippen molar-refractivity contribution in [3.8, 4) is 11.6 Å². The summed E-state index contributed by atoms with van der Waals surface area (Å²) in [6.07, 6.45) is 0.190. The fourth-order valence-corrected chi connectivity index (χ4v) is 9.20. The van der Waals surface area contributed by atoms with Gasteiger partial charge in [0.25, 0.3) is 5.88 Å². The van der Waals surface area contributed by atoms with Crippen LogP contribution in [0.2, 0.25) is 18.1 Å². The number of Topliss-reactive ketones (excluding diaryl/α,β-unsaturated/α-hetero) is 2. The largest absolute Gasteiger partial charge is 0.507 e. The first kappa shape index (κ1) is 36.5. The summed E-state index contributed by atoms with van der Waals surface area (Å²) in [5.41, 5.74) is 5.83. The van der Waals surface area contributed by atoms with Crippen molar-refractivity contribution in [2.24, 2.45) is 11.8 Å². The van der Waals surface area contributed by atoms with Gasteiger partial charge >= 0.3 is 0 Å². The third kappa shape index (κ3) is 5.94. The molecular weight excluding hydrogens is 696 g/mol. The molecule has 2 heterocycles. The number of pyridine rings is 1. The van der Waals surface area contributed by atoms with E-state index >= 15 is 14.0 Å². The third-order valence-corrected chi connectivity index (χ3v) is 15.8. The summed E-state index contributed by atoms with van der Waals surface area (Å²) in [5.74, 6) is -4.26. The van der Waals surface area contributed by atoms with E-state index in [2.05, 4.69) is 10.1 Å². The second-order valence-corrected chi connectivity index (χ2v) is 20.6. The van der Waals surface area contributed by atoms with Crippen molar-refractivity contribution >= 4 is 31.5 Å². The molecule has 2 aromatic heterocycles. The van der Waals surface area contributed by atoms with Crippen LogP contribution in [0.4, 0.5) is 10.2 Å². The Labute approximate surface area is 309 Å². The standard InChI is InChI=1S/C40H45FN4O7Si/c1-39(2,3)53(6,7)52-40-26(30(45(4)5)32-29(35(40)48)38(44-51-32)50-21-23-16-12-9-13-17-23)19-24-18-25-28(31(46)27(24)34(40)47)33(37(42)43-36(25)41)49-20-22-14-10-8-11-15-22/h8-17,24,26,30,46H,18-21H2,1-7H3,(H2,42,43)/t24-,26-,30-,40-/m0/s1. The number of fused-ring (bicyclic) bond motifs is 4. The number of hydrogen-bond donors (Lipinski definition) is 2. The second kappa shape index (κ2) is 13.2. The van der Waals surface area contributed by atoms with E-state index in [0.717, 1.165) is 11.1 Å². The topological polar surface area (TPSA) is 150 Å². The number of nitrogens with two attached hydrogens (primary N) is 1. The van der Waals surface area contributed by atoms with Gasteiger partial charge in [-0.1, -0.05) is 81.4 Å².